The molecule has 1 aromatic carbocycles. The minimum absolute atomic E-state index is 0.0292. The first-order valence-corrected chi connectivity index (χ1v) is 15.5. The molecule has 2 aliphatic rings. The monoisotopic (exact) mass is 639 g/mol. The van der Waals surface area contributed by atoms with Gasteiger partial charge in [-0.05, 0) is 30.9 Å². The molecule has 1 saturated heterocycles. The third-order valence-electron chi connectivity index (χ3n) is 7.93. The number of aromatic nitrogens is 4. The SMILES string of the molecule is CSc1c2sc(C3=C(C(=O)O)N4C(=O)[C@H]([C@@H](C)O)[C@H]4[C@H]3C)cn2c[n+]1Cc1cn(C(=O)OCc2ccc([N+](=O)[O-])cc2)cn1. The summed E-state index contributed by atoms with van der Waals surface area (Å²) < 4.78 is 10.4. The van der Waals surface area contributed by atoms with Crippen molar-refractivity contribution >= 4 is 57.2 Å². The number of aliphatic carboxylic acids is 1. The van der Waals surface area contributed by atoms with E-state index in [9.17, 15) is 34.7 Å². The van der Waals surface area contributed by atoms with Crippen LogP contribution in [0.4, 0.5) is 10.5 Å². The number of aliphatic hydroxyl groups is 1. The Hall–Kier alpha value is -4.54. The van der Waals surface area contributed by atoms with Crippen molar-refractivity contribution in [1.29, 1.82) is 0 Å². The Morgan fingerprint density at radius 3 is 2.64 bits per heavy atom. The Bertz CT molecular complexity index is 1860. The van der Waals surface area contributed by atoms with E-state index in [-0.39, 0.29) is 29.8 Å². The molecule has 5 heterocycles. The number of nitrogens with zero attached hydrogens (tertiary/aromatic N) is 6. The standard InChI is InChI=1S/C28H26N6O8S2/c1-14-20(23(27(37)38)33-22(14)21(15(2)35)24(33)36)19-10-32-13-31(25(43-3)26(32)44-19)9-17-8-30(12-29-17)28(39)42-11-16-4-6-18(7-5-16)34(40)41/h4-8,10,12-15,21-22,35H,9,11H2,1-3H3/p+1/t14-,15+,21+,22+/m0/s1. The second-order valence-corrected chi connectivity index (χ2v) is 12.5. The van der Waals surface area contributed by atoms with Crippen LogP contribution in [0, 0.1) is 22.0 Å². The summed E-state index contributed by atoms with van der Waals surface area (Å²) in [5, 5.41) is 31.9. The number of non-ortho nitro benzene ring substituents is 1. The second-order valence-electron chi connectivity index (χ2n) is 10.6. The number of thioether (sulfide) groups is 1. The predicted octanol–water partition coefficient (Wildman–Crippen LogP) is 3.00. The van der Waals surface area contributed by atoms with Crippen LogP contribution in [-0.2, 0) is 27.5 Å². The van der Waals surface area contributed by atoms with Gasteiger partial charge < -0.3 is 19.8 Å². The molecule has 1 fully saturated rings. The van der Waals surface area contributed by atoms with E-state index in [2.05, 4.69) is 4.98 Å². The van der Waals surface area contributed by atoms with E-state index in [1.807, 2.05) is 34.7 Å². The topological polar surface area (TPSA) is 173 Å². The van der Waals surface area contributed by atoms with E-state index in [0.29, 0.717) is 23.4 Å². The molecule has 16 heteroatoms. The Balaban J connectivity index is 1.20. The number of carboxylic acid groups (broad SMARTS) is 1. The second kappa shape index (κ2) is 11.2. The number of thiazole rings is 1. The molecule has 2 N–H and O–H groups in total. The summed E-state index contributed by atoms with van der Waals surface area (Å²) in [6, 6.07) is 5.34. The van der Waals surface area contributed by atoms with Crippen LogP contribution in [-0.4, -0.2) is 70.4 Å². The molecular formula is C28H27N6O8S2+. The van der Waals surface area contributed by atoms with Crippen molar-refractivity contribution in [3.8, 4) is 0 Å². The molecule has 0 bridgehead atoms. The summed E-state index contributed by atoms with van der Waals surface area (Å²) in [6.07, 6.45) is 7.05. The van der Waals surface area contributed by atoms with E-state index in [1.54, 1.807) is 13.1 Å². The van der Waals surface area contributed by atoms with Gasteiger partial charge in [-0.2, -0.15) is 4.40 Å². The van der Waals surface area contributed by atoms with Crippen molar-refractivity contribution in [3.63, 3.8) is 0 Å². The van der Waals surface area contributed by atoms with Crippen LogP contribution in [0.3, 0.4) is 0 Å². The quantitative estimate of drug-likeness (QED) is 0.0911. The number of ether oxygens (including phenoxy) is 1. The molecule has 4 aromatic rings. The minimum atomic E-state index is -1.17. The van der Waals surface area contributed by atoms with Crippen LogP contribution in [0.1, 0.15) is 30.0 Å². The van der Waals surface area contributed by atoms with Crippen molar-refractivity contribution < 1.29 is 38.8 Å². The number of β-lactam (4-membered cyclic amide) rings is 1. The van der Waals surface area contributed by atoms with Gasteiger partial charge in [0.2, 0.25) is 15.8 Å². The maximum atomic E-state index is 12.7. The highest BCUT2D eigenvalue weighted by Gasteiger charge is 2.60. The van der Waals surface area contributed by atoms with Crippen molar-refractivity contribution in [3.05, 3.63) is 81.3 Å². The van der Waals surface area contributed by atoms with Crippen LogP contribution in [0.5, 0.6) is 0 Å². The summed E-state index contributed by atoms with van der Waals surface area (Å²) in [6.45, 7) is 3.74. The van der Waals surface area contributed by atoms with E-state index in [1.165, 1.54) is 63.2 Å². The van der Waals surface area contributed by atoms with E-state index >= 15 is 0 Å². The fraction of sp³-hybridized carbons (Fsp3) is 0.321. The smallest absolute Gasteiger partial charge is 0.419 e. The average Bonchev–Trinajstić information content (AvgIpc) is 3.73. The number of hydrogen-bond donors (Lipinski definition) is 2. The summed E-state index contributed by atoms with van der Waals surface area (Å²) in [7, 11) is 0. The third-order valence-corrected chi connectivity index (χ3v) is 10.0. The van der Waals surface area contributed by atoms with Gasteiger partial charge in [0.25, 0.3) is 12.0 Å². The van der Waals surface area contributed by atoms with Gasteiger partial charge in [-0.25, -0.2) is 23.7 Å². The molecule has 4 atom stereocenters. The lowest BCUT2D eigenvalue weighted by molar-refractivity contribution is -0.722. The molecule has 14 nitrogen and oxygen atoms in total. The van der Waals surface area contributed by atoms with Crippen LogP contribution in [0.25, 0.3) is 10.4 Å². The zero-order valence-electron chi connectivity index (χ0n) is 23.7. The molecule has 228 valence electrons. The number of hydrogen-bond acceptors (Lipinski definition) is 10. The van der Waals surface area contributed by atoms with E-state index < -0.39 is 35.0 Å². The molecule has 1 amide bonds. The van der Waals surface area contributed by atoms with Crippen molar-refractivity contribution in [2.45, 2.75) is 44.2 Å². The minimum Gasteiger partial charge on any atom is -0.477 e. The number of fused-ring (bicyclic) bond motifs is 2. The number of benzene rings is 1. The first-order valence-electron chi connectivity index (χ1n) is 13.5. The van der Waals surface area contributed by atoms with Gasteiger partial charge in [0, 0.05) is 29.8 Å². The van der Waals surface area contributed by atoms with Crippen LogP contribution < -0.4 is 4.57 Å². The fourth-order valence-corrected chi connectivity index (χ4v) is 8.10. The number of carboxylic acids is 1. The molecular weight excluding hydrogens is 612 g/mol. The molecule has 6 rings (SSSR count). The predicted molar refractivity (Wildman–Crippen MR) is 157 cm³/mol. The number of rotatable bonds is 9. The van der Waals surface area contributed by atoms with Gasteiger partial charge in [0.1, 0.15) is 37.1 Å². The van der Waals surface area contributed by atoms with Gasteiger partial charge >= 0.3 is 12.1 Å². The van der Waals surface area contributed by atoms with Crippen LogP contribution in [0.2, 0.25) is 0 Å². The number of amides is 1. The molecule has 0 radical (unpaired) electrons. The number of carbonyl (C=O) groups excluding carboxylic acids is 2. The number of aliphatic hydroxyl groups excluding tert-OH is 1. The molecule has 0 spiro atoms. The zero-order valence-corrected chi connectivity index (χ0v) is 25.3. The average molecular weight is 640 g/mol. The van der Waals surface area contributed by atoms with Gasteiger partial charge in [0.15, 0.2) is 0 Å². The zero-order chi connectivity index (χ0) is 31.4. The summed E-state index contributed by atoms with van der Waals surface area (Å²) in [5.41, 5.74) is 1.71. The highest BCUT2D eigenvalue weighted by atomic mass is 32.2. The van der Waals surface area contributed by atoms with Crippen molar-refractivity contribution in [1.82, 2.24) is 18.9 Å². The van der Waals surface area contributed by atoms with Crippen LogP contribution in [0.15, 0.2) is 60.0 Å². The molecule has 0 saturated carbocycles. The van der Waals surface area contributed by atoms with Gasteiger partial charge in [-0.1, -0.05) is 30.0 Å². The Morgan fingerprint density at radius 2 is 2.00 bits per heavy atom. The van der Waals surface area contributed by atoms with E-state index in [0.717, 1.165) is 14.7 Å². The number of imidazole rings is 2. The largest absolute Gasteiger partial charge is 0.477 e. The van der Waals surface area contributed by atoms with Crippen molar-refractivity contribution in [2.24, 2.45) is 11.8 Å². The first kappa shape index (κ1) is 29.5. The van der Waals surface area contributed by atoms with Crippen molar-refractivity contribution in [2.75, 3.05) is 6.26 Å². The maximum Gasteiger partial charge on any atom is 0.419 e. The summed E-state index contributed by atoms with van der Waals surface area (Å²) in [5.74, 6) is -2.45. The summed E-state index contributed by atoms with van der Waals surface area (Å²) >= 11 is 2.93. The molecule has 0 aliphatic carbocycles. The number of carbonyl (C=O) groups is 3. The third kappa shape index (κ3) is 4.84. The lowest BCUT2D eigenvalue weighted by Gasteiger charge is -2.46. The van der Waals surface area contributed by atoms with Gasteiger partial charge in [0.05, 0.1) is 27.9 Å². The fourth-order valence-electron chi connectivity index (χ4n) is 5.92. The molecule has 2 aliphatic heterocycles. The maximum absolute atomic E-state index is 12.7. The van der Waals surface area contributed by atoms with E-state index in [4.69, 9.17) is 4.74 Å². The molecule has 3 aromatic heterocycles. The summed E-state index contributed by atoms with van der Waals surface area (Å²) in [4.78, 5) is 55.2. The number of nitro groups is 1. The Morgan fingerprint density at radius 1 is 1.27 bits per heavy atom. The molecule has 0 unspecified atom stereocenters. The Kier molecular flexibility index (Phi) is 7.51. The highest BCUT2D eigenvalue weighted by molar-refractivity contribution is 7.98. The lowest BCUT2D eigenvalue weighted by Crippen LogP contribution is -2.63. The Labute approximate surface area is 258 Å². The van der Waals surface area contributed by atoms with Gasteiger partial charge in [-0.15, -0.1) is 0 Å². The highest BCUT2D eigenvalue weighted by Crippen LogP contribution is 2.51. The molecule has 44 heavy (non-hydrogen) atoms. The lowest BCUT2D eigenvalue weighted by atomic mass is 9.77. The number of nitro benzene ring substituents is 1. The van der Waals surface area contributed by atoms with Crippen LogP contribution >= 0.6 is 23.1 Å². The first-order chi connectivity index (χ1) is 21.0. The normalized spacial score (nSPS) is 20.1. The van der Waals surface area contributed by atoms with Gasteiger partial charge in [-0.3, -0.25) is 14.9 Å².